The van der Waals surface area contributed by atoms with Gasteiger partial charge in [-0.05, 0) is 75.2 Å². The van der Waals surface area contributed by atoms with E-state index in [2.05, 4.69) is 42.7 Å². The summed E-state index contributed by atoms with van der Waals surface area (Å²) in [7, 11) is 0. The van der Waals surface area contributed by atoms with Crippen LogP contribution >= 0.6 is 0 Å². The molecular weight excluding hydrogens is 300 g/mol. The fraction of sp³-hybridized carbons (Fsp3) is 0.650. The normalized spacial score (nSPS) is 19.1. The summed E-state index contributed by atoms with van der Waals surface area (Å²) in [5.74, 6) is 1.90. The maximum absolute atomic E-state index is 12.3. The van der Waals surface area contributed by atoms with E-state index in [4.69, 9.17) is 4.74 Å². The van der Waals surface area contributed by atoms with Crippen molar-refractivity contribution < 1.29 is 9.53 Å². The van der Waals surface area contributed by atoms with Crippen molar-refractivity contribution in [2.75, 3.05) is 19.6 Å². The average Bonchev–Trinajstić information content (AvgIpc) is 2.57. The van der Waals surface area contributed by atoms with Gasteiger partial charge in [0, 0.05) is 6.54 Å². The Balaban J connectivity index is 1.81. The number of carbonyl (C=O) groups excluding carboxylic acids is 1. The van der Waals surface area contributed by atoms with Crippen LogP contribution < -0.4 is 15.4 Å². The standard InChI is InChI=1S/C20H32N2O2/c1-14(2)18-8-7-15(3)19(12-18)24-16(4)20(23)22-11-9-17-6-5-10-21-13-17/h7-8,12,14,16-17,21H,5-6,9-11,13H2,1-4H3,(H,22,23). The highest BCUT2D eigenvalue weighted by Gasteiger charge is 2.17. The van der Waals surface area contributed by atoms with Gasteiger partial charge in [-0.2, -0.15) is 0 Å². The van der Waals surface area contributed by atoms with Crippen molar-refractivity contribution in [2.45, 2.75) is 59.0 Å². The molecular formula is C20H32N2O2. The molecule has 0 aliphatic carbocycles. The molecule has 134 valence electrons. The van der Waals surface area contributed by atoms with Crippen LogP contribution in [-0.4, -0.2) is 31.6 Å². The van der Waals surface area contributed by atoms with E-state index in [0.717, 1.165) is 37.4 Å². The minimum absolute atomic E-state index is 0.0341. The first-order chi connectivity index (χ1) is 11.5. The lowest BCUT2D eigenvalue weighted by atomic mass is 9.96. The summed E-state index contributed by atoms with van der Waals surface area (Å²) in [6, 6.07) is 6.23. The molecule has 0 aromatic heterocycles. The van der Waals surface area contributed by atoms with Gasteiger partial charge >= 0.3 is 0 Å². The summed E-state index contributed by atoms with van der Waals surface area (Å²) in [6.07, 6.45) is 3.06. The van der Waals surface area contributed by atoms with Crippen LogP contribution in [0.2, 0.25) is 0 Å². The fourth-order valence-corrected chi connectivity index (χ4v) is 3.06. The van der Waals surface area contributed by atoms with Gasteiger partial charge < -0.3 is 15.4 Å². The molecule has 1 saturated heterocycles. The molecule has 2 N–H and O–H groups in total. The van der Waals surface area contributed by atoms with E-state index >= 15 is 0 Å². The molecule has 0 radical (unpaired) electrons. The predicted octanol–water partition coefficient (Wildman–Crippen LogP) is 3.39. The van der Waals surface area contributed by atoms with Crippen LogP contribution in [0, 0.1) is 12.8 Å². The lowest BCUT2D eigenvalue weighted by Crippen LogP contribution is -2.38. The maximum atomic E-state index is 12.3. The molecule has 0 saturated carbocycles. The molecule has 1 aromatic rings. The van der Waals surface area contributed by atoms with Gasteiger partial charge in [-0.15, -0.1) is 0 Å². The highest BCUT2D eigenvalue weighted by atomic mass is 16.5. The smallest absolute Gasteiger partial charge is 0.260 e. The largest absolute Gasteiger partial charge is 0.481 e. The summed E-state index contributed by atoms with van der Waals surface area (Å²) >= 11 is 0. The summed E-state index contributed by atoms with van der Waals surface area (Å²) in [4.78, 5) is 12.3. The number of ether oxygens (including phenoxy) is 1. The van der Waals surface area contributed by atoms with Crippen LogP contribution in [0.4, 0.5) is 0 Å². The Morgan fingerprint density at radius 1 is 1.38 bits per heavy atom. The van der Waals surface area contributed by atoms with Crippen molar-refractivity contribution in [3.8, 4) is 5.75 Å². The Morgan fingerprint density at radius 2 is 2.17 bits per heavy atom. The quantitative estimate of drug-likeness (QED) is 0.805. The number of nitrogens with one attached hydrogen (secondary N) is 2. The molecule has 2 rings (SSSR count). The number of piperidine rings is 1. The van der Waals surface area contributed by atoms with Crippen LogP contribution in [-0.2, 0) is 4.79 Å². The molecule has 1 aliphatic rings. The first-order valence-electron chi connectivity index (χ1n) is 9.23. The fourth-order valence-electron chi connectivity index (χ4n) is 3.06. The molecule has 1 aliphatic heterocycles. The molecule has 0 spiro atoms. The molecule has 1 heterocycles. The van der Waals surface area contributed by atoms with E-state index in [1.165, 1.54) is 18.4 Å². The molecule has 4 nitrogen and oxygen atoms in total. The van der Waals surface area contributed by atoms with Crippen molar-refractivity contribution >= 4 is 5.91 Å². The zero-order valence-corrected chi connectivity index (χ0v) is 15.5. The minimum atomic E-state index is -0.476. The van der Waals surface area contributed by atoms with E-state index < -0.39 is 6.10 Å². The Kier molecular flexibility index (Phi) is 7.10. The average molecular weight is 332 g/mol. The van der Waals surface area contributed by atoms with Crippen LogP contribution in [0.3, 0.4) is 0 Å². The van der Waals surface area contributed by atoms with E-state index in [-0.39, 0.29) is 5.91 Å². The SMILES string of the molecule is Cc1ccc(C(C)C)cc1OC(C)C(=O)NCCC1CCCNC1. The first-order valence-corrected chi connectivity index (χ1v) is 9.23. The van der Waals surface area contributed by atoms with Crippen molar-refractivity contribution in [1.29, 1.82) is 0 Å². The lowest BCUT2D eigenvalue weighted by Gasteiger charge is -2.23. The number of hydrogen-bond donors (Lipinski definition) is 2. The van der Waals surface area contributed by atoms with Gasteiger partial charge in [0.1, 0.15) is 5.75 Å². The van der Waals surface area contributed by atoms with Crippen LogP contribution in [0.15, 0.2) is 18.2 Å². The lowest BCUT2D eigenvalue weighted by molar-refractivity contribution is -0.127. The molecule has 1 fully saturated rings. The van der Waals surface area contributed by atoms with Gasteiger partial charge in [-0.25, -0.2) is 0 Å². The van der Waals surface area contributed by atoms with Gasteiger partial charge in [0.05, 0.1) is 0 Å². The molecule has 0 bridgehead atoms. The highest BCUT2D eigenvalue weighted by molar-refractivity contribution is 5.80. The van der Waals surface area contributed by atoms with Gasteiger partial charge in [0.15, 0.2) is 6.10 Å². The molecule has 2 atom stereocenters. The van der Waals surface area contributed by atoms with Crippen molar-refractivity contribution in [2.24, 2.45) is 5.92 Å². The second-order valence-corrected chi connectivity index (χ2v) is 7.23. The monoisotopic (exact) mass is 332 g/mol. The Labute approximate surface area is 146 Å². The van der Waals surface area contributed by atoms with Crippen LogP contribution in [0.5, 0.6) is 5.75 Å². The number of benzene rings is 1. The van der Waals surface area contributed by atoms with Gasteiger partial charge in [0.25, 0.3) is 5.91 Å². The van der Waals surface area contributed by atoms with Gasteiger partial charge in [-0.1, -0.05) is 26.0 Å². The summed E-state index contributed by atoms with van der Waals surface area (Å²) in [5, 5.41) is 6.43. The summed E-state index contributed by atoms with van der Waals surface area (Å²) in [5.41, 5.74) is 2.29. The number of carbonyl (C=O) groups is 1. The minimum Gasteiger partial charge on any atom is -0.481 e. The van der Waals surface area contributed by atoms with E-state index in [9.17, 15) is 4.79 Å². The topological polar surface area (TPSA) is 50.4 Å². The second kappa shape index (κ2) is 9.07. The van der Waals surface area contributed by atoms with Gasteiger partial charge in [-0.3, -0.25) is 4.79 Å². The maximum Gasteiger partial charge on any atom is 0.260 e. The van der Waals surface area contributed by atoms with Crippen LogP contribution in [0.1, 0.15) is 57.1 Å². The number of amides is 1. The predicted molar refractivity (Wildman–Crippen MR) is 98.6 cm³/mol. The Hall–Kier alpha value is -1.55. The zero-order chi connectivity index (χ0) is 17.5. The van der Waals surface area contributed by atoms with Crippen molar-refractivity contribution in [3.63, 3.8) is 0 Å². The third-order valence-corrected chi connectivity index (χ3v) is 4.80. The van der Waals surface area contributed by atoms with Gasteiger partial charge in [0.2, 0.25) is 0 Å². The van der Waals surface area contributed by atoms with E-state index in [1.807, 2.05) is 13.8 Å². The van der Waals surface area contributed by atoms with Crippen molar-refractivity contribution in [1.82, 2.24) is 10.6 Å². The first kappa shape index (κ1) is 18.8. The molecule has 4 heteroatoms. The summed E-state index contributed by atoms with van der Waals surface area (Å²) < 4.78 is 5.92. The van der Waals surface area contributed by atoms with E-state index in [0.29, 0.717) is 11.8 Å². The molecule has 2 unspecified atom stereocenters. The Morgan fingerprint density at radius 3 is 2.83 bits per heavy atom. The van der Waals surface area contributed by atoms with Crippen molar-refractivity contribution in [3.05, 3.63) is 29.3 Å². The van der Waals surface area contributed by atoms with Crippen LogP contribution in [0.25, 0.3) is 0 Å². The molecule has 1 aromatic carbocycles. The number of rotatable bonds is 7. The van der Waals surface area contributed by atoms with E-state index in [1.54, 1.807) is 0 Å². The second-order valence-electron chi connectivity index (χ2n) is 7.23. The molecule has 24 heavy (non-hydrogen) atoms. The number of hydrogen-bond acceptors (Lipinski definition) is 3. The zero-order valence-electron chi connectivity index (χ0n) is 15.5. The molecule has 1 amide bonds. The summed E-state index contributed by atoms with van der Waals surface area (Å²) in [6.45, 7) is 11.1. The highest BCUT2D eigenvalue weighted by Crippen LogP contribution is 2.25. The Bertz CT molecular complexity index is 536. The third kappa shape index (κ3) is 5.52. The third-order valence-electron chi connectivity index (χ3n) is 4.80. The number of aryl methyl sites for hydroxylation is 1.